The lowest BCUT2D eigenvalue weighted by molar-refractivity contribution is 0.209. The van der Waals surface area contributed by atoms with E-state index in [1.807, 2.05) is 0 Å². The van der Waals surface area contributed by atoms with Gasteiger partial charge in [-0.1, -0.05) is 0 Å². The molecule has 12 heavy (non-hydrogen) atoms. The molecule has 0 saturated carbocycles. The molecule has 0 radical (unpaired) electrons. The number of halogens is 1. The number of aliphatic hydroxyl groups excluding tert-OH is 1. The summed E-state index contributed by atoms with van der Waals surface area (Å²) in [5.41, 5.74) is 5.98. The van der Waals surface area contributed by atoms with Crippen LogP contribution < -0.4 is 5.73 Å². The SMILES string of the molecule is CC(N)(CO)c1ccncc1Br. The highest BCUT2D eigenvalue weighted by Gasteiger charge is 2.22. The molecule has 1 aromatic rings. The average Bonchev–Trinajstić information content (AvgIpc) is 2.05. The normalized spacial score (nSPS) is 15.7. The van der Waals surface area contributed by atoms with E-state index in [1.165, 1.54) is 0 Å². The molecule has 0 aliphatic carbocycles. The van der Waals surface area contributed by atoms with Crippen LogP contribution in [0, 0.1) is 0 Å². The van der Waals surface area contributed by atoms with E-state index in [2.05, 4.69) is 20.9 Å². The van der Waals surface area contributed by atoms with Crippen LogP contribution >= 0.6 is 15.9 Å². The fourth-order valence-corrected chi connectivity index (χ4v) is 1.63. The van der Waals surface area contributed by atoms with Gasteiger partial charge in [0.1, 0.15) is 0 Å². The number of pyridine rings is 1. The molecule has 3 N–H and O–H groups in total. The first-order valence-electron chi connectivity index (χ1n) is 3.57. The highest BCUT2D eigenvalue weighted by Crippen LogP contribution is 2.24. The van der Waals surface area contributed by atoms with E-state index in [0.29, 0.717) is 0 Å². The van der Waals surface area contributed by atoms with E-state index in [-0.39, 0.29) is 6.61 Å². The van der Waals surface area contributed by atoms with Crippen LogP contribution in [0.3, 0.4) is 0 Å². The van der Waals surface area contributed by atoms with Gasteiger partial charge in [0.2, 0.25) is 0 Å². The van der Waals surface area contributed by atoms with Gasteiger partial charge < -0.3 is 10.8 Å². The van der Waals surface area contributed by atoms with Crippen molar-refractivity contribution in [3.8, 4) is 0 Å². The molecule has 0 aliphatic rings. The zero-order valence-corrected chi connectivity index (χ0v) is 8.37. The summed E-state index contributed by atoms with van der Waals surface area (Å²) in [6, 6.07) is 1.79. The van der Waals surface area contributed by atoms with Crippen molar-refractivity contribution in [2.75, 3.05) is 6.61 Å². The monoisotopic (exact) mass is 230 g/mol. The first-order chi connectivity index (χ1) is 5.58. The van der Waals surface area contributed by atoms with Gasteiger partial charge in [0.05, 0.1) is 12.1 Å². The Morgan fingerprint density at radius 1 is 1.75 bits per heavy atom. The summed E-state index contributed by atoms with van der Waals surface area (Å²) in [5.74, 6) is 0. The first kappa shape index (κ1) is 9.64. The minimum atomic E-state index is -0.707. The van der Waals surface area contributed by atoms with Crippen molar-refractivity contribution in [2.24, 2.45) is 5.73 Å². The number of hydrogen-bond acceptors (Lipinski definition) is 3. The van der Waals surface area contributed by atoms with Gasteiger partial charge in [-0.25, -0.2) is 0 Å². The summed E-state index contributed by atoms with van der Waals surface area (Å²) in [6.45, 7) is 1.68. The molecule has 0 aliphatic heterocycles. The molecule has 1 atom stereocenters. The second kappa shape index (κ2) is 3.51. The Bertz CT molecular complexity index is 276. The number of hydrogen-bond donors (Lipinski definition) is 2. The van der Waals surface area contributed by atoms with E-state index in [4.69, 9.17) is 10.8 Å². The molecule has 1 aromatic heterocycles. The topological polar surface area (TPSA) is 59.1 Å². The predicted molar refractivity (Wildman–Crippen MR) is 50.6 cm³/mol. The third kappa shape index (κ3) is 1.83. The van der Waals surface area contributed by atoms with E-state index in [1.54, 1.807) is 25.4 Å². The summed E-state index contributed by atoms with van der Waals surface area (Å²) in [4.78, 5) is 3.91. The molecule has 4 heteroatoms. The Balaban J connectivity index is 3.10. The zero-order chi connectivity index (χ0) is 9.19. The second-order valence-electron chi connectivity index (χ2n) is 2.93. The Kier molecular flexibility index (Phi) is 2.82. The summed E-state index contributed by atoms with van der Waals surface area (Å²) >= 11 is 3.32. The highest BCUT2D eigenvalue weighted by atomic mass is 79.9. The molecule has 0 fully saturated rings. The van der Waals surface area contributed by atoms with Crippen LogP contribution in [-0.4, -0.2) is 16.7 Å². The second-order valence-corrected chi connectivity index (χ2v) is 3.79. The summed E-state index contributed by atoms with van der Waals surface area (Å²) < 4.78 is 0.823. The lowest BCUT2D eigenvalue weighted by atomic mass is 9.95. The molecule has 66 valence electrons. The molecule has 0 bridgehead atoms. The van der Waals surface area contributed by atoms with Crippen LogP contribution in [0.2, 0.25) is 0 Å². The van der Waals surface area contributed by atoms with E-state index in [0.717, 1.165) is 10.0 Å². The number of nitrogens with two attached hydrogens (primary N) is 1. The van der Waals surface area contributed by atoms with E-state index < -0.39 is 5.54 Å². The number of rotatable bonds is 2. The molecule has 0 saturated heterocycles. The van der Waals surface area contributed by atoms with Crippen molar-refractivity contribution in [2.45, 2.75) is 12.5 Å². The van der Waals surface area contributed by atoms with Gasteiger partial charge in [-0.05, 0) is 34.5 Å². The van der Waals surface area contributed by atoms with Crippen LogP contribution in [0.5, 0.6) is 0 Å². The standard InChI is InChI=1S/C8H11BrN2O/c1-8(10,5-12)6-2-3-11-4-7(6)9/h2-4,12H,5,10H2,1H3. The molecule has 0 aromatic carbocycles. The van der Waals surface area contributed by atoms with E-state index in [9.17, 15) is 0 Å². The Morgan fingerprint density at radius 3 is 2.92 bits per heavy atom. The Hall–Kier alpha value is -0.450. The average molecular weight is 231 g/mol. The fourth-order valence-electron chi connectivity index (χ4n) is 0.924. The Morgan fingerprint density at radius 2 is 2.42 bits per heavy atom. The smallest absolute Gasteiger partial charge is 0.0650 e. The van der Waals surface area contributed by atoms with Crippen LogP contribution in [-0.2, 0) is 5.54 Å². The van der Waals surface area contributed by atoms with Crippen LogP contribution in [0.4, 0.5) is 0 Å². The van der Waals surface area contributed by atoms with Gasteiger partial charge in [-0.15, -0.1) is 0 Å². The van der Waals surface area contributed by atoms with Crippen LogP contribution in [0.25, 0.3) is 0 Å². The minimum Gasteiger partial charge on any atom is -0.394 e. The molecule has 0 spiro atoms. The first-order valence-corrected chi connectivity index (χ1v) is 4.37. The lowest BCUT2D eigenvalue weighted by Gasteiger charge is -2.23. The largest absolute Gasteiger partial charge is 0.394 e. The summed E-state index contributed by atoms with van der Waals surface area (Å²) in [7, 11) is 0. The van der Waals surface area contributed by atoms with Crippen molar-refractivity contribution in [1.82, 2.24) is 4.98 Å². The number of nitrogens with zero attached hydrogens (tertiary/aromatic N) is 1. The number of aromatic nitrogens is 1. The predicted octanol–water partition coefficient (Wildman–Crippen LogP) is 1.01. The third-order valence-electron chi connectivity index (χ3n) is 1.72. The summed E-state index contributed by atoms with van der Waals surface area (Å²) in [5, 5.41) is 9.01. The molecular formula is C8H11BrN2O. The minimum absolute atomic E-state index is 0.0877. The quantitative estimate of drug-likeness (QED) is 0.798. The van der Waals surface area contributed by atoms with Gasteiger partial charge in [0.25, 0.3) is 0 Å². The van der Waals surface area contributed by atoms with Crippen LogP contribution in [0.1, 0.15) is 12.5 Å². The van der Waals surface area contributed by atoms with Crippen LogP contribution in [0.15, 0.2) is 22.9 Å². The van der Waals surface area contributed by atoms with Gasteiger partial charge in [-0.2, -0.15) is 0 Å². The molecule has 1 rings (SSSR count). The molecule has 1 unspecified atom stereocenters. The number of aliphatic hydroxyl groups is 1. The van der Waals surface area contributed by atoms with E-state index >= 15 is 0 Å². The maximum Gasteiger partial charge on any atom is 0.0650 e. The van der Waals surface area contributed by atoms with Crippen molar-refractivity contribution in [3.05, 3.63) is 28.5 Å². The lowest BCUT2D eigenvalue weighted by Crippen LogP contribution is -2.37. The van der Waals surface area contributed by atoms with Gasteiger partial charge in [-0.3, -0.25) is 4.98 Å². The van der Waals surface area contributed by atoms with Crippen molar-refractivity contribution < 1.29 is 5.11 Å². The maximum atomic E-state index is 9.01. The van der Waals surface area contributed by atoms with Crippen molar-refractivity contribution in [3.63, 3.8) is 0 Å². The molecule has 0 amide bonds. The zero-order valence-electron chi connectivity index (χ0n) is 6.79. The molecular weight excluding hydrogens is 220 g/mol. The third-order valence-corrected chi connectivity index (χ3v) is 2.35. The van der Waals surface area contributed by atoms with Gasteiger partial charge >= 0.3 is 0 Å². The van der Waals surface area contributed by atoms with Crippen molar-refractivity contribution >= 4 is 15.9 Å². The highest BCUT2D eigenvalue weighted by molar-refractivity contribution is 9.10. The Labute approximate surface area is 79.7 Å². The maximum absolute atomic E-state index is 9.01. The fraction of sp³-hybridized carbons (Fsp3) is 0.375. The van der Waals surface area contributed by atoms with Gasteiger partial charge in [0, 0.05) is 16.9 Å². The molecule has 1 heterocycles. The summed E-state index contributed by atoms with van der Waals surface area (Å²) in [6.07, 6.45) is 3.32. The van der Waals surface area contributed by atoms with Crippen molar-refractivity contribution in [1.29, 1.82) is 0 Å². The van der Waals surface area contributed by atoms with Gasteiger partial charge in [0.15, 0.2) is 0 Å². The molecule has 3 nitrogen and oxygen atoms in total.